The van der Waals surface area contributed by atoms with Gasteiger partial charge < -0.3 is 14.8 Å². The lowest BCUT2D eigenvalue weighted by molar-refractivity contribution is 0.0696. The quantitative estimate of drug-likeness (QED) is 0.714. The Kier molecular flexibility index (Phi) is 5.07. The molecule has 0 fully saturated rings. The monoisotopic (exact) mass is 338 g/mol. The predicted molar refractivity (Wildman–Crippen MR) is 84.9 cm³/mol. The van der Waals surface area contributed by atoms with Crippen LogP contribution in [0.3, 0.4) is 0 Å². The molecule has 0 aliphatic carbocycles. The minimum Gasteiger partial charge on any atom is -0.478 e. The van der Waals surface area contributed by atoms with Crippen LogP contribution < -0.4 is 10.0 Å². The highest BCUT2D eigenvalue weighted by atomic mass is 32.2. The molecule has 0 aliphatic rings. The number of sulfonamides is 1. The molecule has 1 heterocycles. The Hall–Kier alpha value is -2.32. The van der Waals surface area contributed by atoms with Gasteiger partial charge in [0, 0.05) is 6.04 Å². The maximum absolute atomic E-state index is 12.4. The SMILES string of the molecule is CC(C)NS(=O)(=O)c1cc(C(=O)O)ccc1NCc1ccco1. The predicted octanol–water partition coefficient (Wildman–Crippen LogP) is 2.28. The highest BCUT2D eigenvalue weighted by molar-refractivity contribution is 7.89. The summed E-state index contributed by atoms with van der Waals surface area (Å²) in [7, 11) is -3.84. The highest BCUT2D eigenvalue weighted by Crippen LogP contribution is 2.24. The van der Waals surface area contributed by atoms with Crippen molar-refractivity contribution < 1.29 is 22.7 Å². The average molecular weight is 338 g/mol. The van der Waals surface area contributed by atoms with Gasteiger partial charge in [0.1, 0.15) is 10.7 Å². The summed E-state index contributed by atoms with van der Waals surface area (Å²) in [5.74, 6) is -0.559. The van der Waals surface area contributed by atoms with E-state index in [0.717, 1.165) is 6.07 Å². The van der Waals surface area contributed by atoms with Gasteiger partial charge in [-0.3, -0.25) is 0 Å². The highest BCUT2D eigenvalue weighted by Gasteiger charge is 2.21. The van der Waals surface area contributed by atoms with Gasteiger partial charge in [-0.2, -0.15) is 0 Å². The van der Waals surface area contributed by atoms with Gasteiger partial charge in [-0.15, -0.1) is 0 Å². The maximum atomic E-state index is 12.4. The average Bonchev–Trinajstić information content (AvgIpc) is 2.96. The van der Waals surface area contributed by atoms with Gasteiger partial charge in [0.2, 0.25) is 10.0 Å². The van der Waals surface area contributed by atoms with Gasteiger partial charge in [0.15, 0.2) is 0 Å². The molecule has 0 radical (unpaired) electrons. The van der Waals surface area contributed by atoms with Crippen LogP contribution in [0.4, 0.5) is 5.69 Å². The van der Waals surface area contributed by atoms with Crippen LogP contribution in [0.1, 0.15) is 30.0 Å². The largest absolute Gasteiger partial charge is 0.478 e. The zero-order chi connectivity index (χ0) is 17.0. The van der Waals surface area contributed by atoms with Gasteiger partial charge in [-0.25, -0.2) is 17.9 Å². The fourth-order valence-corrected chi connectivity index (χ4v) is 3.45. The van der Waals surface area contributed by atoms with Crippen molar-refractivity contribution in [2.45, 2.75) is 31.3 Å². The van der Waals surface area contributed by atoms with Crippen molar-refractivity contribution in [2.24, 2.45) is 0 Å². The summed E-state index contributed by atoms with van der Waals surface area (Å²) in [6.45, 7) is 3.66. The van der Waals surface area contributed by atoms with E-state index < -0.39 is 16.0 Å². The Bertz CT molecular complexity index is 782. The fourth-order valence-electron chi connectivity index (χ4n) is 1.99. The molecule has 0 spiro atoms. The number of furan rings is 1. The van der Waals surface area contributed by atoms with Crippen LogP contribution in [-0.4, -0.2) is 25.5 Å². The minimum absolute atomic E-state index is 0.0994. The molecule has 0 atom stereocenters. The second-order valence-electron chi connectivity index (χ2n) is 5.22. The van der Waals surface area contributed by atoms with Crippen molar-refractivity contribution in [1.82, 2.24) is 4.72 Å². The molecule has 0 saturated carbocycles. The molecular formula is C15H18N2O5S. The Morgan fingerprint density at radius 3 is 2.61 bits per heavy atom. The molecule has 8 heteroatoms. The molecule has 0 bridgehead atoms. The summed E-state index contributed by atoms with van der Waals surface area (Å²) in [6.07, 6.45) is 1.52. The maximum Gasteiger partial charge on any atom is 0.335 e. The molecule has 1 aromatic carbocycles. The molecule has 0 saturated heterocycles. The van der Waals surface area contributed by atoms with Crippen molar-refractivity contribution in [3.63, 3.8) is 0 Å². The van der Waals surface area contributed by atoms with Crippen LogP contribution in [0.5, 0.6) is 0 Å². The number of rotatable bonds is 7. The summed E-state index contributed by atoms with van der Waals surface area (Å²) < 4.78 is 32.5. The minimum atomic E-state index is -3.84. The molecule has 23 heavy (non-hydrogen) atoms. The number of aromatic carboxylic acids is 1. The molecule has 0 unspecified atom stereocenters. The Labute approximate surface area is 134 Å². The third-order valence-electron chi connectivity index (χ3n) is 2.94. The first kappa shape index (κ1) is 17.0. The van der Waals surface area contributed by atoms with Crippen LogP contribution in [0, 0.1) is 0 Å². The molecule has 1 aromatic heterocycles. The van der Waals surface area contributed by atoms with Crippen molar-refractivity contribution in [3.8, 4) is 0 Å². The van der Waals surface area contributed by atoms with E-state index in [1.165, 1.54) is 18.4 Å². The molecule has 0 aliphatic heterocycles. The van der Waals surface area contributed by atoms with E-state index in [2.05, 4.69) is 10.0 Å². The Morgan fingerprint density at radius 2 is 2.04 bits per heavy atom. The summed E-state index contributed by atoms with van der Waals surface area (Å²) in [6, 6.07) is 7.08. The first-order chi connectivity index (χ1) is 10.8. The van der Waals surface area contributed by atoms with Crippen LogP contribution in [0.2, 0.25) is 0 Å². The lowest BCUT2D eigenvalue weighted by atomic mass is 10.2. The summed E-state index contributed by atoms with van der Waals surface area (Å²) in [4.78, 5) is 11.0. The van der Waals surface area contributed by atoms with Gasteiger partial charge in [-0.1, -0.05) is 0 Å². The van der Waals surface area contributed by atoms with Gasteiger partial charge >= 0.3 is 5.97 Å². The number of carbonyl (C=O) groups is 1. The Morgan fingerprint density at radius 1 is 1.30 bits per heavy atom. The molecule has 2 rings (SSSR count). The molecular weight excluding hydrogens is 320 g/mol. The second-order valence-corrected chi connectivity index (χ2v) is 6.91. The van der Waals surface area contributed by atoms with Crippen LogP contribution in [0.15, 0.2) is 45.9 Å². The van der Waals surface area contributed by atoms with E-state index in [1.807, 2.05) is 0 Å². The first-order valence-electron chi connectivity index (χ1n) is 6.95. The molecule has 124 valence electrons. The first-order valence-corrected chi connectivity index (χ1v) is 8.44. The molecule has 2 aromatic rings. The van der Waals surface area contributed by atoms with Crippen molar-refractivity contribution in [2.75, 3.05) is 5.32 Å². The lowest BCUT2D eigenvalue weighted by Gasteiger charge is -2.15. The zero-order valence-corrected chi connectivity index (χ0v) is 13.6. The van der Waals surface area contributed by atoms with Gasteiger partial charge in [0.25, 0.3) is 0 Å². The van der Waals surface area contributed by atoms with Gasteiger partial charge in [0.05, 0.1) is 24.1 Å². The summed E-state index contributed by atoms with van der Waals surface area (Å²) in [5, 5.41) is 12.0. The fraction of sp³-hybridized carbons (Fsp3) is 0.267. The van der Waals surface area contributed by atoms with Crippen LogP contribution in [0.25, 0.3) is 0 Å². The third-order valence-corrected chi connectivity index (χ3v) is 4.64. The molecule has 0 amide bonds. The normalized spacial score (nSPS) is 11.6. The zero-order valence-electron chi connectivity index (χ0n) is 12.7. The number of hydrogen-bond donors (Lipinski definition) is 3. The summed E-state index contributed by atoms with van der Waals surface area (Å²) >= 11 is 0. The number of anilines is 1. The smallest absolute Gasteiger partial charge is 0.335 e. The van der Waals surface area contributed by atoms with E-state index in [4.69, 9.17) is 9.52 Å². The van der Waals surface area contributed by atoms with Crippen LogP contribution >= 0.6 is 0 Å². The third kappa shape index (κ3) is 4.33. The van der Waals surface area contributed by atoms with Crippen molar-refractivity contribution in [1.29, 1.82) is 0 Å². The van der Waals surface area contributed by atoms with E-state index in [0.29, 0.717) is 11.4 Å². The van der Waals surface area contributed by atoms with Gasteiger partial charge in [-0.05, 0) is 44.2 Å². The second kappa shape index (κ2) is 6.84. The summed E-state index contributed by atoms with van der Waals surface area (Å²) in [5.41, 5.74) is 0.206. The lowest BCUT2D eigenvalue weighted by Crippen LogP contribution is -2.31. The number of hydrogen-bond acceptors (Lipinski definition) is 5. The van der Waals surface area contributed by atoms with E-state index >= 15 is 0 Å². The number of carboxylic acids is 1. The Balaban J connectivity index is 2.38. The number of carboxylic acid groups (broad SMARTS) is 1. The van der Waals surface area contributed by atoms with E-state index in [9.17, 15) is 13.2 Å². The van der Waals surface area contributed by atoms with E-state index in [1.54, 1.807) is 26.0 Å². The standard InChI is InChI=1S/C15H18N2O5S/c1-10(2)17-23(20,21)14-8-11(15(18)19)5-6-13(14)16-9-12-4-3-7-22-12/h3-8,10,16-17H,9H2,1-2H3,(H,18,19). The van der Waals surface area contributed by atoms with E-state index in [-0.39, 0.29) is 23.0 Å². The van der Waals surface area contributed by atoms with Crippen molar-refractivity contribution in [3.05, 3.63) is 47.9 Å². The topological polar surface area (TPSA) is 109 Å². The van der Waals surface area contributed by atoms with Crippen molar-refractivity contribution >= 4 is 21.7 Å². The number of nitrogens with one attached hydrogen (secondary N) is 2. The molecule has 3 N–H and O–H groups in total. The van der Waals surface area contributed by atoms with Crippen LogP contribution in [-0.2, 0) is 16.6 Å². The molecule has 7 nitrogen and oxygen atoms in total. The number of benzene rings is 1.